The molecule has 2 aromatic rings. The van der Waals surface area contributed by atoms with Gasteiger partial charge in [0.25, 0.3) is 0 Å². The van der Waals surface area contributed by atoms with E-state index in [1.54, 1.807) is 0 Å². The van der Waals surface area contributed by atoms with Crippen LogP contribution in [0.2, 0.25) is 5.02 Å². The predicted octanol–water partition coefficient (Wildman–Crippen LogP) is 5.38. The SMILES string of the molecule is O=C(O)C1=C(c2ccc(CCCOc3c(F)ccc(F)c3Cl)cc2)C[C@@H]2CC[C@H]1N2C(=O)O. The van der Waals surface area contributed by atoms with E-state index in [0.29, 0.717) is 37.7 Å². The van der Waals surface area contributed by atoms with Crippen molar-refractivity contribution in [3.8, 4) is 5.75 Å². The van der Waals surface area contributed by atoms with E-state index in [1.165, 1.54) is 4.90 Å². The first-order valence-corrected chi connectivity index (χ1v) is 11.0. The second-order valence-electron chi connectivity index (χ2n) is 8.16. The number of hydrogen-bond donors (Lipinski definition) is 2. The second kappa shape index (κ2) is 9.39. The smallest absolute Gasteiger partial charge is 0.408 e. The van der Waals surface area contributed by atoms with E-state index in [9.17, 15) is 28.6 Å². The zero-order valence-corrected chi connectivity index (χ0v) is 18.3. The Hall–Kier alpha value is -3.13. The molecule has 2 aliphatic heterocycles. The van der Waals surface area contributed by atoms with Gasteiger partial charge in [0.1, 0.15) is 10.8 Å². The highest BCUT2D eigenvalue weighted by Crippen LogP contribution is 2.43. The third-order valence-electron chi connectivity index (χ3n) is 6.21. The molecule has 4 rings (SSSR count). The molecule has 6 nitrogen and oxygen atoms in total. The summed E-state index contributed by atoms with van der Waals surface area (Å²) in [6.45, 7) is 0.143. The molecule has 0 radical (unpaired) electrons. The summed E-state index contributed by atoms with van der Waals surface area (Å²) in [5, 5.41) is 18.9. The van der Waals surface area contributed by atoms with E-state index < -0.39 is 29.7 Å². The van der Waals surface area contributed by atoms with Crippen molar-refractivity contribution >= 4 is 29.2 Å². The van der Waals surface area contributed by atoms with E-state index in [-0.39, 0.29) is 29.0 Å². The Labute approximate surface area is 194 Å². The molecule has 33 heavy (non-hydrogen) atoms. The minimum atomic E-state index is -1.09. The number of carboxylic acid groups (broad SMARTS) is 2. The summed E-state index contributed by atoms with van der Waals surface area (Å²) in [6.07, 6.45) is 1.58. The number of hydrogen-bond acceptors (Lipinski definition) is 3. The third kappa shape index (κ3) is 4.53. The average molecular weight is 478 g/mol. The molecule has 0 unspecified atom stereocenters. The first kappa shape index (κ1) is 23.0. The van der Waals surface area contributed by atoms with Gasteiger partial charge in [-0.2, -0.15) is 0 Å². The molecule has 1 saturated heterocycles. The van der Waals surface area contributed by atoms with Crippen LogP contribution in [0, 0.1) is 11.6 Å². The number of nitrogens with zero attached hydrogens (tertiary/aromatic N) is 1. The van der Waals surface area contributed by atoms with Gasteiger partial charge in [0, 0.05) is 6.04 Å². The van der Waals surface area contributed by atoms with Crippen LogP contribution < -0.4 is 4.74 Å². The van der Waals surface area contributed by atoms with Crippen LogP contribution in [0.5, 0.6) is 5.75 Å². The van der Waals surface area contributed by atoms with Gasteiger partial charge >= 0.3 is 12.1 Å². The Balaban J connectivity index is 1.43. The lowest BCUT2D eigenvalue weighted by Gasteiger charge is -2.34. The molecule has 2 heterocycles. The van der Waals surface area contributed by atoms with E-state index >= 15 is 0 Å². The maximum absolute atomic E-state index is 13.8. The fourth-order valence-electron chi connectivity index (χ4n) is 4.71. The molecule has 0 spiro atoms. The van der Waals surface area contributed by atoms with E-state index in [4.69, 9.17) is 16.3 Å². The summed E-state index contributed by atoms with van der Waals surface area (Å²) in [5.74, 6) is -2.87. The van der Waals surface area contributed by atoms with E-state index in [2.05, 4.69) is 0 Å². The number of benzene rings is 2. The van der Waals surface area contributed by atoms with Crippen molar-refractivity contribution in [3.63, 3.8) is 0 Å². The summed E-state index contributed by atoms with van der Waals surface area (Å²) in [7, 11) is 0. The fraction of sp³-hybridized carbons (Fsp3) is 0.333. The van der Waals surface area contributed by atoms with Crippen molar-refractivity contribution in [2.45, 2.75) is 44.2 Å². The molecular formula is C24H22ClF2NO5. The largest absolute Gasteiger partial charge is 0.489 e. The first-order valence-electron chi connectivity index (χ1n) is 10.6. The lowest BCUT2D eigenvalue weighted by Crippen LogP contribution is -2.45. The van der Waals surface area contributed by atoms with Gasteiger partial charge in [0.2, 0.25) is 0 Å². The van der Waals surface area contributed by atoms with Gasteiger partial charge in [0.05, 0.1) is 18.2 Å². The van der Waals surface area contributed by atoms with Crippen LogP contribution in [-0.2, 0) is 11.2 Å². The van der Waals surface area contributed by atoms with Gasteiger partial charge in [-0.25, -0.2) is 18.4 Å². The summed E-state index contributed by atoms with van der Waals surface area (Å²) in [5.41, 5.74) is 2.57. The summed E-state index contributed by atoms with van der Waals surface area (Å²) >= 11 is 5.75. The lowest BCUT2D eigenvalue weighted by molar-refractivity contribution is -0.133. The highest BCUT2D eigenvalue weighted by atomic mass is 35.5. The predicted molar refractivity (Wildman–Crippen MR) is 117 cm³/mol. The van der Waals surface area contributed by atoms with Crippen LogP contribution in [0.3, 0.4) is 0 Å². The van der Waals surface area contributed by atoms with E-state index in [1.807, 2.05) is 24.3 Å². The maximum Gasteiger partial charge on any atom is 0.408 e. The molecule has 9 heteroatoms. The van der Waals surface area contributed by atoms with Crippen molar-refractivity contribution in [2.24, 2.45) is 0 Å². The second-order valence-corrected chi connectivity index (χ2v) is 8.54. The number of aliphatic carboxylic acids is 1. The Bertz CT molecular complexity index is 1120. The lowest BCUT2D eigenvalue weighted by atomic mass is 9.88. The molecule has 2 aliphatic rings. The zero-order chi connectivity index (χ0) is 23.7. The Morgan fingerprint density at radius 1 is 1.06 bits per heavy atom. The van der Waals surface area contributed by atoms with Crippen LogP contribution in [-0.4, -0.2) is 45.9 Å². The number of halogens is 3. The third-order valence-corrected chi connectivity index (χ3v) is 6.56. The van der Waals surface area contributed by atoms with Gasteiger partial charge < -0.3 is 14.9 Å². The van der Waals surface area contributed by atoms with Crippen molar-refractivity contribution in [3.05, 3.63) is 69.8 Å². The van der Waals surface area contributed by atoms with Crippen LogP contribution in [0.1, 0.15) is 36.8 Å². The van der Waals surface area contributed by atoms with Crippen molar-refractivity contribution in [1.29, 1.82) is 0 Å². The normalized spacial score (nSPS) is 19.7. The number of ether oxygens (including phenoxy) is 1. The zero-order valence-electron chi connectivity index (χ0n) is 17.6. The molecule has 174 valence electrons. The Morgan fingerprint density at radius 2 is 1.76 bits per heavy atom. The van der Waals surface area contributed by atoms with Crippen LogP contribution in [0.15, 0.2) is 42.0 Å². The molecule has 2 atom stereocenters. The molecule has 0 saturated carbocycles. The fourth-order valence-corrected chi connectivity index (χ4v) is 4.92. The highest BCUT2D eigenvalue weighted by Gasteiger charge is 2.46. The monoisotopic (exact) mass is 477 g/mol. The molecule has 1 amide bonds. The number of rotatable bonds is 7. The summed E-state index contributed by atoms with van der Waals surface area (Å²) in [6, 6.07) is 8.50. The van der Waals surface area contributed by atoms with Gasteiger partial charge in [-0.15, -0.1) is 0 Å². The minimum absolute atomic E-state index is 0.143. The van der Waals surface area contributed by atoms with Crippen molar-refractivity contribution in [1.82, 2.24) is 4.90 Å². The van der Waals surface area contributed by atoms with Crippen LogP contribution in [0.4, 0.5) is 13.6 Å². The van der Waals surface area contributed by atoms with Gasteiger partial charge in [0.15, 0.2) is 11.6 Å². The summed E-state index contributed by atoms with van der Waals surface area (Å²) in [4.78, 5) is 24.8. The number of carboxylic acids is 1. The first-order chi connectivity index (χ1) is 15.8. The number of carbonyl (C=O) groups is 2. The molecule has 2 aromatic carbocycles. The number of amides is 1. The number of aryl methyl sites for hydroxylation is 1. The standard InChI is InChI=1S/C24H22ClF2NO5/c25-21-17(26)8-9-18(27)22(21)33-11-1-2-13-3-5-14(6-4-13)16-12-15-7-10-19(20(16)23(29)30)28(15)24(31)32/h3-6,8-9,15,19H,1-2,7,10-12H2,(H,29,30)(H,31,32)/t15-,19+/m0/s1. The van der Waals surface area contributed by atoms with Gasteiger partial charge in [-0.05, 0) is 60.9 Å². The molecule has 0 aliphatic carbocycles. The minimum Gasteiger partial charge on any atom is -0.489 e. The maximum atomic E-state index is 13.8. The summed E-state index contributed by atoms with van der Waals surface area (Å²) < 4.78 is 32.5. The molecule has 0 aromatic heterocycles. The number of fused-ring (bicyclic) bond motifs is 2. The van der Waals surface area contributed by atoms with Gasteiger partial charge in [-0.1, -0.05) is 35.9 Å². The molecule has 2 bridgehead atoms. The Kier molecular flexibility index (Phi) is 6.56. The molecule has 1 fully saturated rings. The Morgan fingerprint density at radius 3 is 2.42 bits per heavy atom. The van der Waals surface area contributed by atoms with Crippen molar-refractivity contribution < 1.29 is 33.3 Å². The topological polar surface area (TPSA) is 87.1 Å². The quantitative estimate of drug-likeness (QED) is 0.413. The average Bonchev–Trinajstić information content (AvgIpc) is 3.09. The van der Waals surface area contributed by atoms with Gasteiger partial charge in [-0.3, -0.25) is 4.90 Å². The molecular weight excluding hydrogens is 456 g/mol. The molecule has 2 N–H and O–H groups in total. The van der Waals surface area contributed by atoms with Crippen LogP contribution >= 0.6 is 11.6 Å². The van der Waals surface area contributed by atoms with Crippen molar-refractivity contribution in [2.75, 3.05) is 6.61 Å². The highest BCUT2D eigenvalue weighted by molar-refractivity contribution is 6.32. The van der Waals surface area contributed by atoms with Crippen LogP contribution in [0.25, 0.3) is 5.57 Å². The van der Waals surface area contributed by atoms with E-state index in [0.717, 1.165) is 23.3 Å².